The molecule has 1 fully saturated rings. The van der Waals surface area contributed by atoms with Gasteiger partial charge in [-0.2, -0.15) is 5.10 Å². The maximum atomic E-state index is 13.1. The van der Waals surface area contributed by atoms with Gasteiger partial charge < -0.3 is 0 Å². The van der Waals surface area contributed by atoms with Crippen LogP contribution in [0.15, 0.2) is 16.9 Å². The molecule has 1 unspecified atom stereocenters. The molecule has 0 bridgehead atoms. The molecular weight excluding hydrogens is 254 g/mol. The number of halogens is 3. The summed E-state index contributed by atoms with van der Waals surface area (Å²) in [6.45, 7) is 0. The SMILES string of the molecule is FC1(F)CCCC(n2cc(Br)cn2)C1. The van der Waals surface area contributed by atoms with Crippen molar-refractivity contribution in [2.24, 2.45) is 0 Å². The first-order valence-electron chi connectivity index (χ1n) is 4.64. The highest BCUT2D eigenvalue weighted by Gasteiger charge is 2.37. The van der Waals surface area contributed by atoms with Gasteiger partial charge >= 0.3 is 0 Å². The van der Waals surface area contributed by atoms with Crippen molar-refractivity contribution >= 4 is 15.9 Å². The number of hydrogen-bond donors (Lipinski definition) is 0. The summed E-state index contributed by atoms with van der Waals surface area (Å²) in [4.78, 5) is 0. The van der Waals surface area contributed by atoms with Crippen LogP contribution in [0.1, 0.15) is 31.7 Å². The van der Waals surface area contributed by atoms with E-state index < -0.39 is 5.92 Å². The fourth-order valence-electron chi connectivity index (χ4n) is 1.89. The fraction of sp³-hybridized carbons (Fsp3) is 0.667. The Morgan fingerprint density at radius 1 is 1.57 bits per heavy atom. The van der Waals surface area contributed by atoms with Crippen molar-refractivity contribution in [1.82, 2.24) is 9.78 Å². The first-order chi connectivity index (χ1) is 6.57. The predicted octanol–water partition coefficient (Wildman–Crippen LogP) is 3.40. The Kier molecular flexibility index (Phi) is 2.60. The minimum atomic E-state index is -2.51. The smallest absolute Gasteiger partial charge is 0.250 e. The Balaban J connectivity index is 2.12. The van der Waals surface area contributed by atoms with Gasteiger partial charge in [-0.05, 0) is 28.8 Å². The van der Waals surface area contributed by atoms with Crippen molar-refractivity contribution in [3.63, 3.8) is 0 Å². The van der Waals surface area contributed by atoms with E-state index in [9.17, 15) is 8.78 Å². The van der Waals surface area contributed by atoms with Gasteiger partial charge in [-0.1, -0.05) is 0 Å². The molecule has 1 aliphatic carbocycles. The lowest BCUT2D eigenvalue weighted by Gasteiger charge is -2.28. The zero-order chi connectivity index (χ0) is 10.2. The van der Waals surface area contributed by atoms with E-state index in [1.54, 1.807) is 17.1 Å². The minimum Gasteiger partial charge on any atom is -0.268 e. The van der Waals surface area contributed by atoms with Crippen molar-refractivity contribution in [2.45, 2.75) is 37.6 Å². The second kappa shape index (κ2) is 3.61. The Hall–Kier alpha value is -0.450. The number of alkyl halides is 2. The molecule has 2 rings (SSSR count). The Labute approximate surface area is 89.4 Å². The fourth-order valence-corrected chi connectivity index (χ4v) is 2.19. The lowest BCUT2D eigenvalue weighted by atomic mass is 9.92. The quantitative estimate of drug-likeness (QED) is 0.761. The van der Waals surface area contributed by atoms with Crippen molar-refractivity contribution < 1.29 is 8.78 Å². The van der Waals surface area contributed by atoms with E-state index in [-0.39, 0.29) is 18.9 Å². The average molecular weight is 265 g/mol. The summed E-state index contributed by atoms with van der Waals surface area (Å²) in [6, 6.07) is -0.148. The normalized spacial score (nSPS) is 26.4. The van der Waals surface area contributed by atoms with Gasteiger partial charge in [0.25, 0.3) is 0 Å². The third kappa shape index (κ3) is 2.13. The topological polar surface area (TPSA) is 17.8 Å². The molecule has 14 heavy (non-hydrogen) atoms. The zero-order valence-electron chi connectivity index (χ0n) is 7.59. The molecule has 78 valence electrons. The van der Waals surface area contributed by atoms with Crippen molar-refractivity contribution in [2.75, 3.05) is 0 Å². The van der Waals surface area contributed by atoms with Crippen LogP contribution >= 0.6 is 15.9 Å². The lowest BCUT2D eigenvalue weighted by molar-refractivity contribution is -0.0512. The van der Waals surface area contributed by atoms with Crippen molar-refractivity contribution in [1.29, 1.82) is 0 Å². The van der Waals surface area contributed by atoms with E-state index in [1.165, 1.54) is 0 Å². The molecule has 2 nitrogen and oxygen atoms in total. The summed E-state index contributed by atoms with van der Waals surface area (Å²) < 4.78 is 28.7. The van der Waals surface area contributed by atoms with Gasteiger partial charge in [0.1, 0.15) is 0 Å². The van der Waals surface area contributed by atoms with Gasteiger partial charge in [0, 0.05) is 19.0 Å². The first kappa shape index (κ1) is 10.1. The summed E-state index contributed by atoms with van der Waals surface area (Å²) in [6.07, 6.45) is 4.70. The second-order valence-corrected chi connectivity index (χ2v) is 4.66. The van der Waals surface area contributed by atoms with E-state index in [2.05, 4.69) is 21.0 Å². The molecule has 1 aromatic heterocycles. The van der Waals surface area contributed by atoms with E-state index in [0.29, 0.717) is 6.42 Å². The lowest BCUT2D eigenvalue weighted by Crippen LogP contribution is -2.28. The van der Waals surface area contributed by atoms with E-state index in [4.69, 9.17) is 0 Å². The van der Waals surface area contributed by atoms with Gasteiger partial charge in [-0.3, -0.25) is 4.68 Å². The molecule has 0 radical (unpaired) electrons. The molecule has 1 saturated carbocycles. The Bertz CT molecular complexity index is 324. The molecular formula is C9H11BrF2N2. The Morgan fingerprint density at radius 2 is 2.36 bits per heavy atom. The summed E-state index contributed by atoms with van der Waals surface area (Å²) in [5.41, 5.74) is 0. The summed E-state index contributed by atoms with van der Waals surface area (Å²) in [5.74, 6) is -2.51. The summed E-state index contributed by atoms with van der Waals surface area (Å²) in [7, 11) is 0. The van der Waals surface area contributed by atoms with Crippen molar-refractivity contribution in [3.05, 3.63) is 16.9 Å². The molecule has 0 aliphatic heterocycles. The van der Waals surface area contributed by atoms with Crippen LogP contribution in [0.5, 0.6) is 0 Å². The highest BCUT2D eigenvalue weighted by atomic mass is 79.9. The number of aromatic nitrogens is 2. The van der Waals surface area contributed by atoms with Gasteiger partial charge in [0.2, 0.25) is 5.92 Å². The average Bonchev–Trinajstić information content (AvgIpc) is 2.50. The summed E-state index contributed by atoms with van der Waals surface area (Å²) in [5, 5.41) is 4.04. The molecule has 5 heteroatoms. The number of hydrogen-bond acceptors (Lipinski definition) is 1. The minimum absolute atomic E-state index is 0.0198. The Morgan fingerprint density at radius 3 is 2.93 bits per heavy atom. The highest BCUT2D eigenvalue weighted by Crippen LogP contribution is 2.38. The van der Waals surface area contributed by atoms with Crippen LogP contribution < -0.4 is 0 Å². The molecule has 1 aliphatic rings. The van der Waals surface area contributed by atoms with Crippen molar-refractivity contribution in [3.8, 4) is 0 Å². The van der Waals surface area contributed by atoms with E-state index >= 15 is 0 Å². The van der Waals surface area contributed by atoms with Gasteiger partial charge in [-0.15, -0.1) is 0 Å². The van der Waals surface area contributed by atoms with Crippen LogP contribution in [-0.2, 0) is 0 Å². The van der Waals surface area contributed by atoms with Crippen LogP contribution in [-0.4, -0.2) is 15.7 Å². The first-order valence-corrected chi connectivity index (χ1v) is 5.44. The third-order valence-electron chi connectivity index (χ3n) is 2.56. The van der Waals surface area contributed by atoms with Crippen LogP contribution in [0.2, 0.25) is 0 Å². The molecule has 0 amide bonds. The monoisotopic (exact) mass is 264 g/mol. The highest BCUT2D eigenvalue weighted by molar-refractivity contribution is 9.10. The van der Waals surface area contributed by atoms with Gasteiger partial charge in [-0.25, -0.2) is 8.78 Å². The van der Waals surface area contributed by atoms with Crippen LogP contribution in [0.3, 0.4) is 0 Å². The van der Waals surface area contributed by atoms with Gasteiger partial charge in [0.15, 0.2) is 0 Å². The van der Waals surface area contributed by atoms with Crippen LogP contribution in [0.4, 0.5) is 8.78 Å². The summed E-state index contributed by atoms with van der Waals surface area (Å²) >= 11 is 3.26. The van der Waals surface area contributed by atoms with Crippen LogP contribution in [0, 0.1) is 0 Å². The second-order valence-electron chi connectivity index (χ2n) is 3.74. The third-order valence-corrected chi connectivity index (χ3v) is 2.97. The molecule has 1 heterocycles. The number of nitrogens with zero attached hydrogens (tertiary/aromatic N) is 2. The van der Waals surface area contributed by atoms with Gasteiger partial charge in [0.05, 0.1) is 16.7 Å². The molecule has 0 N–H and O–H groups in total. The molecule has 1 aromatic rings. The molecule has 0 aromatic carbocycles. The molecule has 0 saturated heterocycles. The van der Waals surface area contributed by atoms with E-state index in [0.717, 1.165) is 10.9 Å². The van der Waals surface area contributed by atoms with E-state index in [1.807, 2.05) is 0 Å². The molecule has 1 atom stereocenters. The molecule has 0 spiro atoms. The maximum absolute atomic E-state index is 13.1. The zero-order valence-corrected chi connectivity index (χ0v) is 9.17. The number of rotatable bonds is 1. The standard InChI is InChI=1S/C9H11BrF2N2/c10-7-5-13-14(6-7)8-2-1-3-9(11,12)4-8/h5-6,8H,1-4H2. The van der Waals surface area contributed by atoms with Crippen LogP contribution in [0.25, 0.3) is 0 Å². The predicted molar refractivity (Wildman–Crippen MR) is 52.4 cm³/mol. The largest absolute Gasteiger partial charge is 0.268 e. The maximum Gasteiger partial charge on any atom is 0.250 e.